The topological polar surface area (TPSA) is 56.7 Å². The molecule has 5 nitrogen and oxygen atoms in total. The summed E-state index contributed by atoms with van der Waals surface area (Å²) in [5.41, 5.74) is 1.13. The highest BCUT2D eigenvalue weighted by Crippen LogP contribution is 2.26. The number of carbonyl (C=O) groups excluding carboxylic acids is 1. The number of hydrogen-bond acceptors (Lipinski definition) is 2. The molecule has 1 amide bonds. The van der Waals surface area contributed by atoms with Crippen LogP contribution in [-0.2, 0) is 11.2 Å². The Labute approximate surface area is 185 Å². The van der Waals surface area contributed by atoms with Gasteiger partial charge in [0.2, 0.25) is 5.91 Å². The van der Waals surface area contributed by atoms with E-state index in [9.17, 15) is 4.79 Å². The summed E-state index contributed by atoms with van der Waals surface area (Å²) in [4.78, 5) is 18.4. The van der Waals surface area contributed by atoms with Crippen LogP contribution in [0.5, 0.6) is 0 Å². The molecule has 0 bridgehead atoms. The fourth-order valence-corrected chi connectivity index (χ4v) is 4.27. The van der Waals surface area contributed by atoms with Gasteiger partial charge in [-0.2, -0.15) is 0 Å². The highest BCUT2D eigenvalue weighted by Gasteiger charge is 2.24. The van der Waals surface area contributed by atoms with Gasteiger partial charge in [-0.3, -0.25) is 9.79 Å². The number of guanidine groups is 1. The molecule has 0 radical (unpaired) electrons. The summed E-state index contributed by atoms with van der Waals surface area (Å²) in [7, 11) is 3.53. The van der Waals surface area contributed by atoms with Crippen LogP contribution in [0.25, 0.3) is 0 Å². The van der Waals surface area contributed by atoms with Gasteiger partial charge in [-0.05, 0) is 54.7 Å². The third-order valence-electron chi connectivity index (χ3n) is 5.84. The molecule has 29 heavy (non-hydrogen) atoms. The Morgan fingerprint density at radius 1 is 1.28 bits per heavy atom. The fourth-order valence-electron chi connectivity index (χ4n) is 3.78. The number of benzene rings is 1. The lowest BCUT2D eigenvalue weighted by Crippen LogP contribution is -2.47. The molecule has 0 aliphatic carbocycles. The van der Waals surface area contributed by atoms with Gasteiger partial charge in [0, 0.05) is 50.2 Å². The molecule has 1 aliphatic rings. The summed E-state index contributed by atoms with van der Waals surface area (Å²) in [6, 6.07) is 5.73. The van der Waals surface area contributed by atoms with E-state index in [1.54, 1.807) is 7.05 Å². The minimum atomic E-state index is 0.131. The van der Waals surface area contributed by atoms with Crippen LogP contribution in [-0.4, -0.2) is 50.5 Å². The number of aliphatic imine (C=N–C) groups is 1. The van der Waals surface area contributed by atoms with Crippen LogP contribution in [0, 0.1) is 17.8 Å². The number of nitrogens with zero attached hydrogens (tertiary/aromatic N) is 2. The van der Waals surface area contributed by atoms with Crippen molar-refractivity contribution in [2.45, 2.75) is 39.5 Å². The van der Waals surface area contributed by atoms with E-state index in [0.29, 0.717) is 29.2 Å². The van der Waals surface area contributed by atoms with E-state index < -0.39 is 0 Å². The van der Waals surface area contributed by atoms with Crippen LogP contribution in [0.15, 0.2) is 23.2 Å². The zero-order valence-corrected chi connectivity index (χ0v) is 19.5. The van der Waals surface area contributed by atoms with Crippen LogP contribution in [0.1, 0.15) is 38.7 Å². The molecule has 1 atom stereocenters. The first-order valence-electron chi connectivity index (χ1n) is 10.4. The molecule has 2 rings (SSSR count). The lowest BCUT2D eigenvalue weighted by molar-refractivity contribution is -0.121. The summed E-state index contributed by atoms with van der Waals surface area (Å²) in [5.74, 6) is 2.46. The maximum absolute atomic E-state index is 11.6. The number of piperidine rings is 1. The first kappa shape index (κ1) is 23.8. The molecule has 0 spiro atoms. The Hall–Kier alpha value is -1.46. The molecular formula is C22H34Cl2N4O. The first-order chi connectivity index (χ1) is 13.8. The van der Waals surface area contributed by atoms with E-state index in [1.165, 1.54) is 0 Å². The minimum absolute atomic E-state index is 0.131. The van der Waals surface area contributed by atoms with Gasteiger partial charge in [0.05, 0.1) is 0 Å². The van der Waals surface area contributed by atoms with E-state index >= 15 is 0 Å². The number of likely N-dealkylation sites (tertiary alicyclic amines) is 1. The maximum Gasteiger partial charge on any atom is 0.220 e. The zero-order chi connectivity index (χ0) is 21.4. The molecular weight excluding hydrogens is 407 g/mol. The van der Waals surface area contributed by atoms with Gasteiger partial charge in [0.25, 0.3) is 0 Å². The average molecular weight is 441 g/mol. The van der Waals surface area contributed by atoms with Gasteiger partial charge in [-0.15, -0.1) is 0 Å². The highest BCUT2D eigenvalue weighted by molar-refractivity contribution is 6.35. The number of carbonyl (C=O) groups is 1. The molecule has 1 heterocycles. The second-order valence-electron chi connectivity index (χ2n) is 8.18. The SMILES string of the molecule is CN=C(NCC(Cc1ccc(Cl)cc1Cl)C(C)C)N1CCC(CC(=O)NC)CC1. The second-order valence-corrected chi connectivity index (χ2v) is 9.02. The largest absolute Gasteiger partial charge is 0.359 e. The highest BCUT2D eigenvalue weighted by atomic mass is 35.5. The standard InChI is InChI=1S/C22H34Cl2N4O/c1-15(2)18(12-17-5-6-19(23)13-20(17)24)14-27-22(26-4)28-9-7-16(8-10-28)11-21(29)25-3/h5-6,13,15-16,18H,7-12,14H2,1-4H3,(H,25,29)(H,26,27). The van der Waals surface area contributed by atoms with Crippen LogP contribution in [0.4, 0.5) is 0 Å². The predicted molar refractivity (Wildman–Crippen MR) is 123 cm³/mol. The number of nitrogens with one attached hydrogen (secondary N) is 2. The molecule has 0 aromatic heterocycles. The fraction of sp³-hybridized carbons (Fsp3) is 0.636. The van der Waals surface area contributed by atoms with E-state index in [2.05, 4.69) is 34.4 Å². The summed E-state index contributed by atoms with van der Waals surface area (Å²) in [5, 5.41) is 7.68. The molecule has 2 N–H and O–H groups in total. The van der Waals surface area contributed by atoms with E-state index in [1.807, 2.05) is 25.2 Å². The number of halogens is 2. The van der Waals surface area contributed by atoms with Gasteiger partial charge < -0.3 is 15.5 Å². The summed E-state index contributed by atoms with van der Waals surface area (Å²) >= 11 is 12.4. The zero-order valence-electron chi connectivity index (χ0n) is 18.0. The molecule has 1 unspecified atom stereocenters. The van der Waals surface area contributed by atoms with Crippen molar-refractivity contribution in [1.82, 2.24) is 15.5 Å². The molecule has 1 fully saturated rings. The van der Waals surface area contributed by atoms with Gasteiger partial charge in [0.15, 0.2) is 5.96 Å². The van der Waals surface area contributed by atoms with Crippen molar-refractivity contribution in [3.63, 3.8) is 0 Å². The van der Waals surface area contributed by atoms with Crippen molar-refractivity contribution in [3.8, 4) is 0 Å². The summed E-state index contributed by atoms with van der Waals surface area (Å²) < 4.78 is 0. The van der Waals surface area contributed by atoms with Crippen LogP contribution >= 0.6 is 23.2 Å². The maximum atomic E-state index is 11.6. The van der Waals surface area contributed by atoms with Crippen molar-refractivity contribution in [1.29, 1.82) is 0 Å². The van der Waals surface area contributed by atoms with E-state index in [-0.39, 0.29) is 5.91 Å². The van der Waals surface area contributed by atoms with E-state index in [0.717, 1.165) is 55.4 Å². The van der Waals surface area contributed by atoms with Gasteiger partial charge >= 0.3 is 0 Å². The Balaban J connectivity index is 1.90. The van der Waals surface area contributed by atoms with Crippen molar-refractivity contribution in [3.05, 3.63) is 33.8 Å². The Morgan fingerprint density at radius 3 is 2.52 bits per heavy atom. The summed E-state index contributed by atoms with van der Waals surface area (Å²) in [6.07, 6.45) is 3.55. The third kappa shape index (κ3) is 7.38. The van der Waals surface area contributed by atoms with Crippen LogP contribution in [0.2, 0.25) is 10.0 Å². The Morgan fingerprint density at radius 2 is 1.97 bits per heavy atom. The van der Waals surface area contributed by atoms with Crippen LogP contribution < -0.4 is 10.6 Å². The van der Waals surface area contributed by atoms with E-state index in [4.69, 9.17) is 23.2 Å². The van der Waals surface area contributed by atoms with Crippen molar-refractivity contribution < 1.29 is 4.79 Å². The lowest BCUT2D eigenvalue weighted by atomic mass is 9.89. The number of rotatable bonds is 7. The lowest BCUT2D eigenvalue weighted by Gasteiger charge is -2.35. The quantitative estimate of drug-likeness (QED) is 0.492. The smallest absolute Gasteiger partial charge is 0.220 e. The Kier molecular flexibility index (Phi) is 9.57. The molecule has 1 aromatic carbocycles. The molecule has 1 aromatic rings. The predicted octanol–water partition coefficient (Wildman–Crippen LogP) is 4.23. The third-order valence-corrected chi connectivity index (χ3v) is 6.43. The van der Waals surface area contributed by atoms with Crippen LogP contribution in [0.3, 0.4) is 0 Å². The molecule has 1 aliphatic heterocycles. The molecule has 162 valence electrons. The van der Waals surface area contributed by atoms with Gasteiger partial charge in [-0.25, -0.2) is 0 Å². The van der Waals surface area contributed by atoms with Crippen molar-refractivity contribution in [2.24, 2.45) is 22.7 Å². The molecule has 0 saturated carbocycles. The van der Waals surface area contributed by atoms with Gasteiger partial charge in [-0.1, -0.05) is 43.1 Å². The normalized spacial score (nSPS) is 16.8. The summed E-state index contributed by atoms with van der Waals surface area (Å²) in [6.45, 7) is 7.17. The Bertz CT molecular complexity index is 700. The number of hydrogen-bond donors (Lipinski definition) is 2. The monoisotopic (exact) mass is 440 g/mol. The van der Waals surface area contributed by atoms with Crippen molar-refractivity contribution in [2.75, 3.05) is 33.7 Å². The molecule has 7 heteroatoms. The first-order valence-corrected chi connectivity index (χ1v) is 11.2. The molecule has 1 saturated heterocycles. The van der Waals surface area contributed by atoms with Gasteiger partial charge in [0.1, 0.15) is 0 Å². The number of amides is 1. The minimum Gasteiger partial charge on any atom is -0.359 e. The average Bonchev–Trinajstić information content (AvgIpc) is 2.69. The van der Waals surface area contributed by atoms with Crippen molar-refractivity contribution >= 4 is 35.1 Å². The second kappa shape index (κ2) is 11.7.